The number of aryl methyl sites for hydroxylation is 1. The van der Waals surface area contributed by atoms with Crippen LogP contribution in [0, 0.1) is 12.8 Å². The van der Waals surface area contributed by atoms with Crippen LogP contribution in [-0.2, 0) is 4.79 Å². The highest BCUT2D eigenvalue weighted by molar-refractivity contribution is 9.10. The van der Waals surface area contributed by atoms with Crippen molar-refractivity contribution in [3.05, 3.63) is 40.5 Å². The van der Waals surface area contributed by atoms with E-state index in [1.807, 2.05) is 31.2 Å². The van der Waals surface area contributed by atoms with Gasteiger partial charge >= 0.3 is 5.97 Å². The van der Waals surface area contributed by atoms with Crippen LogP contribution in [0.4, 0.5) is 17.5 Å². The van der Waals surface area contributed by atoms with Crippen molar-refractivity contribution in [3.63, 3.8) is 0 Å². The van der Waals surface area contributed by atoms with Gasteiger partial charge < -0.3 is 15.3 Å². The Labute approximate surface area is 149 Å². The molecule has 2 heterocycles. The lowest BCUT2D eigenvalue weighted by atomic mass is 9.97. The number of hydrogen-bond donors (Lipinski definition) is 2. The fourth-order valence-corrected chi connectivity index (χ4v) is 3.04. The first-order chi connectivity index (χ1) is 11.5. The average Bonchev–Trinajstić information content (AvgIpc) is 2.58. The second kappa shape index (κ2) is 7.17. The van der Waals surface area contributed by atoms with Crippen molar-refractivity contribution in [3.8, 4) is 0 Å². The number of nitrogens with zero attached hydrogens (tertiary/aromatic N) is 3. The van der Waals surface area contributed by atoms with Crippen LogP contribution in [0.5, 0.6) is 0 Å². The van der Waals surface area contributed by atoms with Gasteiger partial charge in [0.05, 0.1) is 5.92 Å². The Morgan fingerprint density at radius 2 is 2.08 bits per heavy atom. The molecule has 2 N–H and O–H groups in total. The van der Waals surface area contributed by atoms with Crippen molar-refractivity contribution in [1.29, 1.82) is 0 Å². The van der Waals surface area contributed by atoms with Gasteiger partial charge in [0.2, 0.25) is 5.95 Å². The van der Waals surface area contributed by atoms with Gasteiger partial charge in [-0.25, -0.2) is 4.98 Å². The minimum atomic E-state index is -0.703. The maximum absolute atomic E-state index is 11.0. The molecule has 7 heteroatoms. The lowest BCUT2D eigenvalue weighted by molar-refractivity contribution is -0.142. The standard InChI is InChI=1S/C17H19BrN4O2/c1-11-10-13(2-3-14(11)18)20-17-19-7-4-15(21-17)22-8-5-12(6-9-22)16(23)24/h2-4,7,10,12H,5-6,8-9H2,1H3,(H,23,24)(H,19,20,21). The molecule has 0 atom stereocenters. The van der Waals surface area contributed by atoms with E-state index in [4.69, 9.17) is 5.11 Å². The lowest BCUT2D eigenvalue weighted by Gasteiger charge is -2.31. The molecule has 1 aromatic heterocycles. The zero-order valence-corrected chi connectivity index (χ0v) is 15.0. The van der Waals surface area contributed by atoms with Crippen molar-refractivity contribution in [1.82, 2.24) is 9.97 Å². The van der Waals surface area contributed by atoms with E-state index in [0.717, 1.165) is 21.5 Å². The molecule has 0 saturated carbocycles. The van der Waals surface area contributed by atoms with Crippen LogP contribution in [0.15, 0.2) is 34.9 Å². The molecule has 2 aromatic rings. The minimum absolute atomic E-state index is 0.244. The second-order valence-electron chi connectivity index (χ2n) is 5.93. The summed E-state index contributed by atoms with van der Waals surface area (Å²) in [4.78, 5) is 22.0. The Morgan fingerprint density at radius 1 is 1.33 bits per heavy atom. The van der Waals surface area contributed by atoms with E-state index in [-0.39, 0.29) is 5.92 Å². The van der Waals surface area contributed by atoms with Gasteiger partial charge in [0.15, 0.2) is 0 Å². The summed E-state index contributed by atoms with van der Waals surface area (Å²) in [5.41, 5.74) is 2.06. The molecular formula is C17H19BrN4O2. The van der Waals surface area contributed by atoms with E-state index < -0.39 is 5.97 Å². The summed E-state index contributed by atoms with van der Waals surface area (Å²) in [6, 6.07) is 7.83. The van der Waals surface area contributed by atoms with Gasteiger partial charge in [-0.05, 0) is 49.6 Å². The molecule has 1 aliphatic rings. The van der Waals surface area contributed by atoms with Crippen LogP contribution in [-0.4, -0.2) is 34.1 Å². The number of nitrogens with one attached hydrogen (secondary N) is 1. The SMILES string of the molecule is Cc1cc(Nc2nccc(N3CCC(C(=O)O)CC3)n2)ccc1Br. The minimum Gasteiger partial charge on any atom is -0.481 e. The molecule has 24 heavy (non-hydrogen) atoms. The monoisotopic (exact) mass is 390 g/mol. The number of rotatable bonds is 4. The number of carboxylic acids is 1. The molecule has 1 fully saturated rings. The number of piperidine rings is 1. The number of benzene rings is 1. The predicted molar refractivity (Wildman–Crippen MR) is 96.8 cm³/mol. The highest BCUT2D eigenvalue weighted by Crippen LogP contribution is 2.24. The summed E-state index contributed by atoms with van der Waals surface area (Å²) in [5.74, 6) is 0.413. The number of halogens is 1. The molecule has 1 aliphatic heterocycles. The molecule has 0 radical (unpaired) electrons. The Hall–Kier alpha value is -2.15. The lowest BCUT2D eigenvalue weighted by Crippen LogP contribution is -2.36. The number of carbonyl (C=O) groups is 1. The molecule has 0 spiro atoms. The highest BCUT2D eigenvalue weighted by atomic mass is 79.9. The number of aromatic nitrogens is 2. The molecule has 0 unspecified atom stereocenters. The van der Waals surface area contributed by atoms with Gasteiger partial charge in [-0.3, -0.25) is 4.79 Å². The van der Waals surface area contributed by atoms with Crippen molar-refractivity contribution in [2.24, 2.45) is 5.92 Å². The van der Waals surface area contributed by atoms with E-state index in [1.54, 1.807) is 6.20 Å². The summed E-state index contributed by atoms with van der Waals surface area (Å²) in [5, 5.41) is 12.3. The van der Waals surface area contributed by atoms with E-state index in [1.165, 1.54) is 0 Å². The molecule has 1 saturated heterocycles. The summed E-state index contributed by atoms with van der Waals surface area (Å²) in [7, 11) is 0. The van der Waals surface area contributed by atoms with Crippen molar-refractivity contribution in [2.45, 2.75) is 19.8 Å². The Balaban J connectivity index is 1.70. The predicted octanol–water partition coefficient (Wildman–Crippen LogP) is 3.59. The van der Waals surface area contributed by atoms with E-state index in [9.17, 15) is 4.79 Å². The van der Waals surface area contributed by atoms with Crippen LogP contribution in [0.2, 0.25) is 0 Å². The first-order valence-corrected chi connectivity index (χ1v) is 8.66. The van der Waals surface area contributed by atoms with Crippen LogP contribution in [0.3, 0.4) is 0 Å². The normalized spacial score (nSPS) is 15.3. The van der Waals surface area contributed by atoms with Crippen LogP contribution < -0.4 is 10.2 Å². The number of anilines is 3. The molecule has 126 valence electrons. The van der Waals surface area contributed by atoms with Gasteiger partial charge in [-0.2, -0.15) is 4.98 Å². The van der Waals surface area contributed by atoms with E-state index >= 15 is 0 Å². The second-order valence-corrected chi connectivity index (χ2v) is 6.78. The third kappa shape index (κ3) is 3.84. The topological polar surface area (TPSA) is 78.4 Å². The van der Waals surface area contributed by atoms with Gasteiger partial charge in [-0.15, -0.1) is 0 Å². The Morgan fingerprint density at radius 3 is 2.75 bits per heavy atom. The maximum atomic E-state index is 11.0. The quantitative estimate of drug-likeness (QED) is 0.830. The zero-order valence-electron chi connectivity index (χ0n) is 13.4. The highest BCUT2D eigenvalue weighted by Gasteiger charge is 2.25. The summed E-state index contributed by atoms with van der Waals surface area (Å²) in [6.07, 6.45) is 3.02. The molecule has 6 nitrogen and oxygen atoms in total. The summed E-state index contributed by atoms with van der Waals surface area (Å²) < 4.78 is 1.06. The molecule has 0 amide bonds. The van der Waals surface area contributed by atoms with E-state index in [2.05, 4.69) is 36.1 Å². The smallest absolute Gasteiger partial charge is 0.306 e. The summed E-state index contributed by atoms with van der Waals surface area (Å²) >= 11 is 3.49. The number of carboxylic acid groups (broad SMARTS) is 1. The van der Waals surface area contributed by atoms with Crippen LogP contribution in [0.25, 0.3) is 0 Å². The average molecular weight is 391 g/mol. The Kier molecular flexibility index (Phi) is 4.99. The first-order valence-electron chi connectivity index (χ1n) is 7.87. The van der Waals surface area contributed by atoms with Crippen molar-refractivity contribution in [2.75, 3.05) is 23.3 Å². The molecule has 3 rings (SSSR count). The molecular weight excluding hydrogens is 372 g/mol. The van der Waals surface area contributed by atoms with Crippen molar-refractivity contribution < 1.29 is 9.90 Å². The van der Waals surface area contributed by atoms with Gasteiger partial charge in [0, 0.05) is 29.4 Å². The van der Waals surface area contributed by atoms with Gasteiger partial charge in [0.25, 0.3) is 0 Å². The van der Waals surface area contributed by atoms with Crippen LogP contribution in [0.1, 0.15) is 18.4 Å². The Bertz CT molecular complexity index is 745. The number of hydrogen-bond acceptors (Lipinski definition) is 5. The fourth-order valence-electron chi connectivity index (χ4n) is 2.79. The first kappa shape index (κ1) is 16.7. The molecule has 0 aliphatic carbocycles. The third-order valence-corrected chi connectivity index (χ3v) is 5.11. The zero-order chi connectivity index (χ0) is 17.1. The maximum Gasteiger partial charge on any atom is 0.306 e. The third-order valence-electron chi connectivity index (χ3n) is 4.22. The van der Waals surface area contributed by atoms with Gasteiger partial charge in [0.1, 0.15) is 5.82 Å². The van der Waals surface area contributed by atoms with Crippen molar-refractivity contribution >= 4 is 39.4 Å². The molecule has 1 aromatic carbocycles. The number of aliphatic carboxylic acids is 1. The van der Waals surface area contributed by atoms with E-state index in [0.29, 0.717) is 31.9 Å². The summed E-state index contributed by atoms with van der Waals surface area (Å²) in [6.45, 7) is 3.43. The largest absolute Gasteiger partial charge is 0.481 e. The fraction of sp³-hybridized carbons (Fsp3) is 0.353. The van der Waals surface area contributed by atoms with Crippen LogP contribution >= 0.6 is 15.9 Å². The molecule has 0 bridgehead atoms. The van der Waals surface area contributed by atoms with Gasteiger partial charge in [-0.1, -0.05) is 15.9 Å².